The van der Waals surface area contributed by atoms with E-state index in [2.05, 4.69) is 31.2 Å². The number of aryl methyl sites for hydroxylation is 2. The highest BCUT2D eigenvalue weighted by Crippen LogP contribution is 2.27. The zero-order chi connectivity index (χ0) is 20.9. The van der Waals surface area contributed by atoms with Gasteiger partial charge in [0.05, 0.1) is 21.8 Å². The molecule has 4 heterocycles. The van der Waals surface area contributed by atoms with Gasteiger partial charge in [0, 0.05) is 0 Å². The number of ether oxygens (including phenoxy) is 1. The Morgan fingerprint density at radius 1 is 0.968 bits per heavy atom. The van der Waals surface area contributed by atoms with Crippen molar-refractivity contribution in [3.8, 4) is 10.9 Å². The molecule has 0 aliphatic carbocycles. The highest BCUT2D eigenvalue weighted by atomic mass is 32.1. The Balaban J connectivity index is 1.38. The minimum atomic E-state index is 0.279. The van der Waals surface area contributed by atoms with Crippen LogP contribution in [0.15, 0.2) is 55.0 Å². The van der Waals surface area contributed by atoms with Gasteiger partial charge in [0.15, 0.2) is 17.1 Å². The van der Waals surface area contributed by atoms with Crippen molar-refractivity contribution >= 4 is 38.2 Å². The number of para-hydroxylation sites is 2. The normalized spacial score (nSPS) is 11.7. The van der Waals surface area contributed by atoms with E-state index in [1.807, 2.05) is 50.2 Å². The number of benzene rings is 2. The molecule has 8 nitrogen and oxygen atoms in total. The Hall–Kier alpha value is -3.85. The number of hydrogen-bond donors (Lipinski definition) is 0. The Morgan fingerprint density at radius 3 is 2.65 bits per heavy atom. The molecule has 31 heavy (non-hydrogen) atoms. The van der Waals surface area contributed by atoms with Crippen LogP contribution in [-0.2, 0) is 6.61 Å². The van der Waals surface area contributed by atoms with Crippen LogP contribution < -0.4 is 4.74 Å². The largest absolute Gasteiger partial charge is 0.485 e. The third-order valence-corrected chi connectivity index (χ3v) is 6.18. The molecule has 0 N–H and O–H groups in total. The summed E-state index contributed by atoms with van der Waals surface area (Å²) in [5.41, 5.74) is 4.51. The van der Waals surface area contributed by atoms with Crippen molar-refractivity contribution in [2.45, 2.75) is 20.5 Å². The van der Waals surface area contributed by atoms with E-state index in [0.29, 0.717) is 17.1 Å². The van der Waals surface area contributed by atoms with Gasteiger partial charge in [-0.05, 0) is 37.1 Å². The molecule has 0 saturated carbocycles. The van der Waals surface area contributed by atoms with Gasteiger partial charge in [-0.1, -0.05) is 41.7 Å². The first-order valence-electron chi connectivity index (χ1n) is 9.80. The Morgan fingerprint density at radius 2 is 1.81 bits per heavy atom. The average Bonchev–Trinajstić information content (AvgIpc) is 3.48. The van der Waals surface area contributed by atoms with Gasteiger partial charge in [-0.25, -0.2) is 19.5 Å². The maximum atomic E-state index is 6.02. The molecule has 0 aliphatic heterocycles. The van der Waals surface area contributed by atoms with E-state index in [1.165, 1.54) is 0 Å². The molecule has 0 fully saturated rings. The lowest BCUT2D eigenvalue weighted by atomic mass is 10.1. The Kier molecular flexibility index (Phi) is 3.97. The molecule has 6 rings (SSSR count). The van der Waals surface area contributed by atoms with E-state index in [0.717, 1.165) is 37.6 Å². The maximum Gasteiger partial charge on any atom is 0.213 e. The fourth-order valence-electron chi connectivity index (χ4n) is 3.68. The predicted molar refractivity (Wildman–Crippen MR) is 119 cm³/mol. The molecule has 9 heteroatoms. The molecule has 6 aromatic rings. The van der Waals surface area contributed by atoms with Crippen molar-refractivity contribution in [2.24, 2.45) is 0 Å². The summed E-state index contributed by atoms with van der Waals surface area (Å²) in [5.74, 6) is 1.46. The quantitative estimate of drug-likeness (QED) is 0.418. The summed E-state index contributed by atoms with van der Waals surface area (Å²) in [6.45, 7) is 4.34. The number of fused-ring (bicyclic) bond motifs is 4. The van der Waals surface area contributed by atoms with Gasteiger partial charge in [0.1, 0.15) is 18.7 Å². The summed E-state index contributed by atoms with van der Waals surface area (Å²) < 4.78 is 10.5. The fraction of sp³-hybridized carbons (Fsp3) is 0.136. The Labute approximate surface area is 180 Å². The molecule has 0 aliphatic rings. The van der Waals surface area contributed by atoms with E-state index < -0.39 is 0 Å². The first-order valence-corrected chi connectivity index (χ1v) is 10.6. The molecule has 0 saturated heterocycles. The number of rotatable bonds is 4. The van der Waals surface area contributed by atoms with Crippen LogP contribution in [0.3, 0.4) is 0 Å². The number of aromatic nitrogens is 7. The van der Waals surface area contributed by atoms with Gasteiger partial charge in [-0.3, -0.25) is 0 Å². The fourth-order valence-corrected chi connectivity index (χ4v) is 4.61. The van der Waals surface area contributed by atoms with Gasteiger partial charge in [0.2, 0.25) is 5.13 Å². The molecule has 2 aromatic carbocycles. The summed E-state index contributed by atoms with van der Waals surface area (Å²) in [5, 5.41) is 10.6. The molecule has 0 amide bonds. The van der Waals surface area contributed by atoms with Gasteiger partial charge in [-0.2, -0.15) is 9.78 Å². The van der Waals surface area contributed by atoms with Crippen molar-refractivity contribution in [1.29, 1.82) is 0 Å². The van der Waals surface area contributed by atoms with Gasteiger partial charge < -0.3 is 4.74 Å². The highest BCUT2D eigenvalue weighted by molar-refractivity contribution is 7.20. The zero-order valence-corrected chi connectivity index (χ0v) is 17.7. The highest BCUT2D eigenvalue weighted by Gasteiger charge is 2.16. The van der Waals surface area contributed by atoms with Crippen LogP contribution >= 0.6 is 11.3 Å². The van der Waals surface area contributed by atoms with Gasteiger partial charge in [0.25, 0.3) is 0 Å². The summed E-state index contributed by atoms with van der Waals surface area (Å²) in [4.78, 5) is 13.9. The van der Waals surface area contributed by atoms with Gasteiger partial charge >= 0.3 is 0 Å². The van der Waals surface area contributed by atoms with Crippen molar-refractivity contribution in [1.82, 2.24) is 34.3 Å². The lowest BCUT2D eigenvalue weighted by Crippen LogP contribution is -2.01. The summed E-state index contributed by atoms with van der Waals surface area (Å²) >= 11 is 1.58. The topological polar surface area (TPSA) is 83.0 Å². The molecule has 0 radical (unpaired) electrons. The SMILES string of the molecule is Cc1cccc(C)c1OCc1nc2c3cnn(-c4nc5ccccc5s4)c3ncn2n1. The second kappa shape index (κ2) is 6.85. The smallest absolute Gasteiger partial charge is 0.213 e. The van der Waals surface area contributed by atoms with E-state index in [9.17, 15) is 0 Å². The summed E-state index contributed by atoms with van der Waals surface area (Å²) in [6, 6.07) is 14.1. The minimum absolute atomic E-state index is 0.279. The monoisotopic (exact) mass is 427 g/mol. The third kappa shape index (κ3) is 2.93. The van der Waals surface area contributed by atoms with Gasteiger partial charge in [-0.15, -0.1) is 5.10 Å². The van der Waals surface area contributed by atoms with Crippen LogP contribution in [0.5, 0.6) is 5.75 Å². The zero-order valence-electron chi connectivity index (χ0n) is 16.9. The van der Waals surface area contributed by atoms with Crippen molar-refractivity contribution in [3.05, 3.63) is 71.9 Å². The van der Waals surface area contributed by atoms with Crippen molar-refractivity contribution in [3.63, 3.8) is 0 Å². The van der Waals surface area contributed by atoms with Crippen LogP contribution in [-0.4, -0.2) is 34.3 Å². The maximum absolute atomic E-state index is 6.02. The lowest BCUT2D eigenvalue weighted by molar-refractivity contribution is 0.292. The molecule has 0 unspecified atom stereocenters. The molecule has 0 spiro atoms. The summed E-state index contributed by atoms with van der Waals surface area (Å²) in [6.07, 6.45) is 3.41. The number of nitrogens with zero attached hydrogens (tertiary/aromatic N) is 7. The second-order valence-corrected chi connectivity index (χ2v) is 8.32. The molecule has 4 aromatic heterocycles. The van der Waals surface area contributed by atoms with Crippen LogP contribution in [0.2, 0.25) is 0 Å². The predicted octanol–water partition coefficient (Wildman–Crippen LogP) is 4.27. The third-order valence-electron chi connectivity index (χ3n) is 5.17. The molecular formula is C22H17N7OS. The van der Waals surface area contributed by atoms with Crippen molar-refractivity contribution < 1.29 is 4.74 Å². The minimum Gasteiger partial charge on any atom is -0.485 e. The lowest BCUT2D eigenvalue weighted by Gasteiger charge is -2.09. The summed E-state index contributed by atoms with van der Waals surface area (Å²) in [7, 11) is 0. The molecule has 0 atom stereocenters. The standard InChI is InChI=1S/C22H17N7OS/c1-13-6-5-7-14(2)19(13)30-11-18-26-21-15-10-24-29(20(15)23-12-28(21)27-18)22-25-16-8-3-4-9-17(16)31-22/h3-10,12H,11H2,1-2H3. The van der Waals surface area contributed by atoms with E-state index >= 15 is 0 Å². The van der Waals surface area contributed by atoms with Crippen LogP contribution in [0.1, 0.15) is 17.0 Å². The number of hydrogen-bond acceptors (Lipinski definition) is 7. The van der Waals surface area contributed by atoms with Crippen LogP contribution in [0.25, 0.3) is 32.0 Å². The van der Waals surface area contributed by atoms with E-state index in [-0.39, 0.29) is 6.61 Å². The van der Waals surface area contributed by atoms with E-state index in [4.69, 9.17) is 4.74 Å². The molecule has 0 bridgehead atoms. The first-order chi connectivity index (χ1) is 15.2. The second-order valence-electron chi connectivity index (χ2n) is 7.31. The van der Waals surface area contributed by atoms with E-state index in [1.54, 1.807) is 33.1 Å². The first kappa shape index (κ1) is 18.0. The van der Waals surface area contributed by atoms with Crippen LogP contribution in [0.4, 0.5) is 0 Å². The average molecular weight is 427 g/mol. The van der Waals surface area contributed by atoms with Crippen LogP contribution in [0, 0.1) is 13.8 Å². The number of thiazole rings is 1. The van der Waals surface area contributed by atoms with Crippen molar-refractivity contribution in [2.75, 3.05) is 0 Å². The Bertz CT molecular complexity index is 1530. The molecular weight excluding hydrogens is 410 g/mol. The molecule has 152 valence electrons.